The minimum absolute atomic E-state index is 0.00807. The van der Waals surface area contributed by atoms with Gasteiger partial charge in [0, 0.05) is 5.39 Å². The number of anilines is 1. The molecule has 3 aromatic carbocycles. The van der Waals surface area contributed by atoms with Crippen LogP contribution >= 0.6 is 11.6 Å². The number of hydrogen-bond acceptors (Lipinski definition) is 2. The quantitative estimate of drug-likeness (QED) is 0.597. The first kappa shape index (κ1) is 19.0. The molecule has 140 valence electrons. The maximum absolute atomic E-state index is 12.9. The number of halogens is 4. The van der Waals surface area contributed by atoms with Gasteiger partial charge in [-0.15, -0.1) is 0 Å². The summed E-state index contributed by atoms with van der Waals surface area (Å²) in [7, 11) is 0. The van der Waals surface area contributed by atoms with Gasteiger partial charge in [-0.05, 0) is 36.6 Å². The molecule has 7 heteroatoms. The molecular weight excluding hydrogens is 379 g/mol. The molecule has 0 radical (unpaired) electrons. The molecule has 0 saturated heterocycles. The van der Waals surface area contributed by atoms with Crippen molar-refractivity contribution in [2.75, 3.05) is 5.32 Å². The maximum Gasteiger partial charge on any atom is 0.416 e. The molecule has 1 N–H and O–H groups in total. The zero-order chi connectivity index (χ0) is 19.6. The van der Waals surface area contributed by atoms with Crippen LogP contribution in [0.25, 0.3) is 10.8 Å². The summed E-state index contributed by atoms with van der Waals surface area (Å²) in [4.78, 5) is 12.4. The standard InChI is InChI=1S/C20H15ClF3NO2/c1-12(27-18-8-4-6-13-5-2-3-7-15(13)18)19(26)25-17-11-14(20(22,23)24)9-10-16(17)21/h2-12H,1H3,(H,25,26)/t12-/m0/s1. The van der Waals surface area contributed by atoms with Gasteiger partial charge in [0.1, 0.15) is 5.75 Å². The van der Waals surface area contributed by atoms with Gasteiger partial charge in [0.2, 0.25) is 0 Å². The Morgan fingerprint density at radius 3 is 2.52 bits per heavy atom. The van der Waals surface area contributed by atoms with E-state index in [-0.39, 0.29) is 10.7 Å². The summed E-state index contributed by atoms with van der Waals surface area (Å²) in [6.45, 7) is 1.51. The minimum atomic E-state index is -4.53. The Balaban J connectivity index is 1.78. The molecule has 3 rings (SSSR count). The molecule has 1 amide bonds. The van der Waals surface area contributed by atoms with E-state index in [4.69, 9.17) is 16.3 Å². The molecule has 1 atom stereocenters. The number of alkyl halides is 3. The van der Waals surface area contributed by atoms with Crippen molar-refractivity contribution in [1.82, 2.24) is 0 Å². The van der Waals surface area contributed by atoms with Crippen molar-refractivity contribution in [3.05, 3.63) is 71.2 Å². The first-order valence-corrected chi connectivity index (χ1v) is 8.45. The third kappa shape index (κ3) is 4.34. The summed E-state index contributed by atoms with van der Waals surface area (Å²) in [5.41, 5.74) is -1.02. The lowest BCUT2D eigenvalue weighted by molar-refractivity contribution is -0.137. The fourth-order valence-corrected chi connectivity index (χ4v) is 2.74. The highest BCUT2D eigenvalue weighted by Gasteiger charge is 2.31. The van der Waals surface area contributed by atoms with Crippen LogP contribution in [0.5, 0.6) is 5.75 Å². The van der Waals surface area contributed by atoms with Gasteiger partial charge >= 0.3 is 6.18 Å². The molecule has 0 aliphatic rings. The number of carbonyl (C=O) groups excluding carboxylic acids is 1. The number of rotatable bonds is 4. The zero-order valence-electron chi connectivity index (χ0n) is 14.2. The fourth-order valence-electron chi connectivity index (χ4n) is 2.57. The molecule has 0 heterocycles. The van der Waals surface area contributed by atoms with E-state index in [0.717, 1.165) is 29.0 Å². The SMILES string of the molecule is C[C@H](Oc1cccc2ccccc12)C(=O)Nc1cc(C(F)(F)F)ccc1Cl. The van der Waals surface area contributed by atoms with Crippen LogP contribution in [0.2, 0.25) is 5.02 Å². The van der Waals surface area contributed by atoms with E-state index in [1.54, 1.807) is 12.1 Å². The van der Waals surface area contributed by atoms with Crippen LogP contribution in [0.15, 0.2) is 60.7 Å². The molecule has 0 saturated carbocycles. The van der Waals surface area contributed by atoms with Crippen LogP contribution in [0.4, 0.5) is 18.9 Å². The van der Waals surface area contributed by atoms with Crippen LogP contribution in [-0.2, 0) is 11.0 Å². The van der Waals surface area contributed by atoms with Gasteiger partial charge in [0.25, 0.3) is 5.91 Å². The Bertz CT molecular complexity index is 983. The van der Waals surface area contributed by atoms with Crippen LogP contribution in [0.3, 0.4) is 0 Å². The van der Waals surface area contributed by atoms with E-state index < -0.39 is 23.8 Å². The van der Waals surface area contributed by atoms with E-state index in [9.17, 15) is 18.0 Å². The third-order valence-corrected chi connectivity index (χ3v) is 4.30. The third-order valence-electron chi connectivity index (χ3n) is 3.97. The smallest absolute Gasteiger partial charge is 0.416 e. The van der Waals surface area contributed by atoms with Crippen LogP contribution in [0, 0.1) is 0 Å². The van der Waals surface area contributed by atoms with Crippen molar-refractivity contribution >= 4 is 34.0 Å². The first-order chi connectivity index (χ1) is 12.8. The summed E-state index contributed by atoms with van der Waals surface area (Å²) in [5.74, 6) is -0.102. The van der Waals surface area contributed by atoms with E-state index in [2.05, 4.69) is 5.32 Å². The maximum atomic E-state index is 12.9. The second-order valence-electron chi connectivity index (χ2n) is 5.92. The summed E-state index contributed by atoms with van der Waals surface area (Å²) in [5, 5.41) is 4.18. The van der Waals surface area contributed by atoms with Crippen LogP contribution in [0.1, 0.15) is 12.5 Å². The van der Waals surface area contributed by atoms with Gasteiger partial charge in [0.05, 0.1) is 16.3 Å². The van der Waals surface area contributed by atoms with Crippen LogP contribution in [-0.4, -0.2) is 12.0 Å². The number of hydrogen-bond donors (Lipinski definition) is 1. The van der Waals surface area contributed by atoms with Crippen molar-refractivity contribution < 1.29 is 22.7 Å². The van der Waals surface area contributed by atoms with Gasteiger partial charge in [-0.1, -0.05) is 48.0 Å². The minimum Gasteiger partial charge on any atom is -0.480 e. The molecule has 3 nitrogen and oxygen atoms in total. The topological polar surface area (TPSA) is 38.3 Å². The summed E-state index contributed by atoms with van der Waals surface area (Å²) in [6.07, 6.45) is -5.48. The Hall–Kier alpha value is -2.73. The molecular formula is C20H15ClF3NO2. The predicted molar refractivity (Wildman–Crippen MR) is 99.1 cm³/mol. The van der Waals surface area contributed by atoms with Crippen molar-refractivity contribution in [1.29, 1.82) is 0 Å². The van der Waals surface area contributed by atoms with E-state index >= 15 is 0 Å². The average molecular weight is 394 g/mol. The van der Waals surface area contributed by atoms with Crippen molar-refractivity contribution in [2.45, 2.75) is 19.2 Å². The second kappa shape index (κ2) is 7.48. The molecule has 0 fully saturated rings. The molecule has 0 spiro atoms. The fraction of sp³-hybridized carbons (Fsp3) is 0.150. The number of fused-ring (bicyclic) bond motifs is 1. The molecule has 0 unspecified atom stereocenters. The second-order valence-corrected chi connectivity index (χ2v) is 6.33. The summed E-state index contributed by atoms with van der Waals surface area (Å²) >= 11 is 5.91. The largest absolute Gasteiger partial charge is 0.480 e. The molecule has 0 bridgehead atoms. The van der Waals surface area contributed by atoms with E-state index in [1.165, 1.54) is 6.92 Å². The Morgan fingerprint density at radius 2 is 1.78 bits per heavy atom. The number of nitrogens with one attached hydrogen (secondary N) is 1. The molecule has 3 aromatic rings. The lowest BCUT2D eigenvalue weighted by atomic mass is 10.1. The number of ether oxygens (including phenoxy) is 1. The molecule has 27 heavy (non-hydrogen) atoms. The monoisotopic (exact) mass is 393 g/mol. The van der Waals surface area contributed by atoms with Gasteiger partial charge < -0.3 is 10.1 Å². The summed E-state index contributed by atoms with van der Waals surface area (Å²) < 4.78 is 44.3. The highest BCUT2D eigenvalue weighted by atomic mass is 35.5. The normalized spacial score (nSPS) is 12.6. The molecule has 0 aliphatic carbocycles. The molecule has 0 aliphatic heterocycles. The first-order valence-electron chi connectivity index (χ1n) is 8.08. The Kier molecular flexibility index (Phi) is 5.28. The van der Waals surface area contributed by atoms with Gasteiger partial charge in [-0.3, -0.25) is 4.79 Å². The highest BCUT2D eigenvalue weighted by molar-refractivity contribution is 6.33. The Morgan fingerprint density at radius 1 is 1.07 bits per heavy atom. The summed E-state index contributed by atoms with van der Waals surface area (Å²) in [6, 6.07) is 15.7. The van der Waals surface area contributed by atoms with Crippen molar-refractivity contribution in [3.8, 4) is 5.75 Å². The van der Waals surface area contributed by atoms with Crippen molar-refractivity contribution in [3.63, 3.8) is 0 Å². The van der Waals surface area contributed by atoms with E-state index in [1.807, 2.05) is 30.3 Å². The zero-order valence-corrected chi connectivity index (χ0v) is 14.9. The predicted octanol–water partition coefficient (Wildman–Crippen LogP) is 5.92. The van der Waals surface area contributed by atoms with E-state index in [0.29, 0.717) is 5.75 Å². The van der Waals surface area contributed by atoms with Gasteiger partial charge in [-0.2, -0.15) is 13.2 Å². The lowest BCUT2D eigenvalue weighted by Gasteiger charge is -2.17. The van der Waals surface area contributed by atoms with Crippen molar-refractivity contribution in [2.24, 2.45) is 0 Å². The number of benzene rings is 3. The Labute approximate surface area is 158 Å². The lowest BCUT2D eigenvalue weighted by Crippen LogP contribution is -2.30. The number of carbonyl (C=O) groups is 1. The van der Waals surface area contributed by atoms with Crippen LogP contribution < -0.4 is 10.1 Å². The highest BCUT2D eigenvalue weighted by Crippen LogP contribution is 2.34. The average Bonchev–Trinajstić information content (AvgIpc) is 2.62. The molecule has 0 aromatic heterocycles. The van der Waals surface area contributed by atoms with Gasteiger partial charge in [0.15, 0.2) is 6.10 Å². The number of amides is 1. The van der Waals surface area contributed by atoms with Gasteiger partial charge in [-0.25, -0.2) is 0 Å².